The van der Waals surface area contributed by atoms with Gasteiger partial charge in [0.25, 0.3) is 0 Å². The molecule has 1 aliphatic heterocycles. The van der Waals surface area contributed by atoms with Crippen molar-refractivity contribution in [3.8, 4) is 17.2 Å². The van der Waals surface area contributed by atoms with E-state index in [0.717, 1.165) is 30.0 Å². The highest BCUT2D eigenvalue weighted by molar-refractivity contribution is 7.99. The van der Waals surface area contributed by atoms with Crippen LogP contribution < -0.4 is 4.74 Å². The highest BCUT2D eigenvalue weighted by Gasteiger charge is 2.30. The van der Waals surface area contributed by atoms with E-state index in [4.69, 9.17) is 9.15 Å². The summed E-state index contributed by atoms with van der Waals surface area (Å²) in [5, 5.41) is 9.42. The van der Waals surface area contributed by atoms with E-state index in [9.17, 15) is 23.1 Å². The van der Waals surface area contributed by atoms with Crippen LogP contribution in [0.2, 0.25) is 0 Å². The maximum atomic E-state index is 12.8. The Morgan fingerprint density at radius 3 is 2.57 bits per heavy atom. The summed E-state index contributed by atoms with van der Waals surface area (Å²) in [4.78, 5) is 17.9. The van der Waals surface area contributed by atoms with Crippen molar-refractivity contribution in [1.82, 2.24) is 9.88 Å². The third-order valence-corrected chi connectivity index (χ3v) is 6.82. The number of carboxylic acids is 1. The first-order valence-electron chi connectivity index (χ1n) is 11.1. The lowest BCUT2D eigenvalue weighted by atomic mass is 10.1. The van der Waals surface area contributed by atoms with Crippen LogP contribution in [-0.2, 0) is 23.9 Å². The first kappa shape index (κ1) is 25.1. The summed E-state index contributed by atoms with van der Waals surface area (Å²) in [6.07, 6.45) is -3.91. The molecule has 0 amide bonds. The summed E-state index contributed by atoms with van der Waals surface area (Å²) in [5.74, 6) is 2.27. The standard InChI is InChI=1S/C25H25F3N2O4S/c1-16-21(29-23(34-16)18-4-6-19(7-5-18)25(26,27)28)10-12-33-20-8-2-17(3-9-20)14-30-11-13-35-15-22(30)24(31)32/h2-9,22H,10-15H2,1H3,(H,31,32). The molecule has 2 heterocycles. The number of thioether (sulfide) groups is 1. The minimum absolute atomic E-state index is 0.270. The fraction of sp³-hybridized carbons (Fsp3) is 0.360. The highest BCUT2D eigenvalue weighted by atomic mass is 32.2. The Kier molecular flexibility index (Phi) is 7.71. The Morgan fingerprint density at radius 2 is 1.91 bits per heavy atom. The van der Waals surface area contributed by atoms with Crippen molar-refractivity contribution in [1.29, 1.82) is 0 Å². The van der Waals surface area contributed by atoms with Crippen LogP contribution >= 0.6 is 11.8 Å². The Labute approximate surface area is 205 Å². The number of carbonyl (C=O) groups is 1. The second-order valence-corrected chi connectivity index (χ2v) is 9.39. The lowest BCUT2D eigenvalue weighted by molar-refractivity contribution is -0.142. The molecule has 1 unspecified atom stereocenters. The molecule has 2 aromatic carbocycles. The summed E-state index contributed by atoms with van der Waals surface area (Å²) in [7, 11) is 0. The van der Waals surface area contributed by atoms with Gasteiger partial charge < -0.3 is 14.3 Å². The van der Waals surface area contributed by atoms with Crippen LogP contribution in [0.5, 0.6) is 5.75 Å². The van der Waals surface area contributed by atoms with Gasteiger partial charge in [-0.2, -0.15) is 24.9 Å². The van der Waals surface area contributed by atoms with Gasteiger partial charge in [0.15, 0.2) is 0 Å². The predicted molar refractivity (Wildman–Crippen MR) is 126 cm³/mol. The molecule has 186 valence electrons. The van der Waals surface area contributed by atoms with E-state index in [1.165, 1.54) is 12.1 Å². The van der Waals surface area contributed by atoms with Crippen LogP contribution in [0.4, 0.5) is 13.2 Å². The number of benzene rings is 2. The van der Waals surface area contributed by atoms with Crippen molar-refractivity contribution >= 4 is 17.7 Å². The van der Waals surface area contributed by atoms with Crippen molar-refractivity contribution in [2.45, 2.75) is 32.1 Å². The molecule has 1 N–H and O–H groups in total. The number of hydrogen-bond acceptors (Lipinski definition) is 6. The predicted octanol–water partition coefficient (Wildman–Crippen LogP) is 5.29. The molecule has 10 heteroatoms. The monoisotopic (exact) mass is 506 g/mol. The highest BCUT2D eigenvalue weighted by Crippen LogP contribution is 2.31. The van der Waals surface area contributed by atoms with E-state index in [-0.39, 0.29) is 5.89 Å². The minimum Gasteiger partial charge on any atom is -0.493 e. The van der Waals surface area contributed by atoms with Crippen LogP contribution in [0.3, 0.4) is 0 Å². The second-order valence-electron chi connectivity index (χ2n) is 8.24. The van der Waals surface area contributed by atoms with Gasteiger partial charge in [-0.15, -0.1) is 0 Å². The fourth-order valence-electron chi connectivity index (χ4n) is 3.83. The number of nitrogens with zero attached hydrogens (tertiary/aromatic N) is 2. The first-order chi connectivity index (χ1) is 16.7. The Morgan fingerprint density at radius 1 is 1.20 bits per heavy atom. The summed E-state index contributed by atoms with van der Waals surface area (Å²) in [5.41, 5.74) is 1.45. The molecule has 0 bridgehead atoms. The molecule has 0 spiro atoms. The molecular formula is C25H25F3N2O4S. The molecule has 1 aromatic heterocycles. The number of aromatic nitrogens is 1. The van der Waals surface area contributed by atoms with Crippen molar-refractivity contribution in [3.63, 3.8) is 0 Å². The third-order valence-electron chi connectivity index (χ3n) is 5.79. The third kappa shape index (κ3) is 6.37. The number of aliphatic carboxylic acids is 1. The van der Waals surface area contributed by atoms with E-state index < -0.39 is 23.8 Å². The molecule has 1 saturated heterocycles. The molecule has 4 rings (SSSR count). The molecule has 0 radical (unpaired) electrons. The zero-order chi connectivity index (χ0) is 25.0. The van der Waals surface area contributed by atoms with E-state index in [1.807, 2.05) is 29.2 Å². The first-order valence-corrected chi connectivity index (χ1v) is 12.3. The van der Waals surface area contributed by atoms with E-state index >= 15 is 0 Å². The maximum Gasteiger partial charge on any atom is 0.416 e. The number of ether oxygens (including phenoxy) is 1. The smallest absolute Gasteiger partial charge is 0.416 e. The van der Waals surface area contributed by atoms with Gasteiger partial charge in [-0.25, -0.2) is 4.98 Å². The zero-order valence-corrected chi connectivity index (χ0v) is 19.9. The van der Waals surface area contributed by atoms with E-state index in [0.29, 0.717) is 48.1 Å². The van der Waals surface area contributed by atoms with Gasteiger partial charge in [0.2, 0.25) is 5.89 Å². The van der Waals surface area contributed by atoms with Crippen molar-refractivity contribution < 1.29 is 32.2 Å². The molecule has 0 saturated carbocycles. The Balaban J connectivity index is 1.31. The molecular weight excluding hydrogens is 481 g/mol. The van der Waals surface area contributed by atoms with Gasteiger partial charge in [0.1, 0.15) is 17.6 Å². The second kappa shape index (κ2) is 10.7. The number of rotatable bonds is 8. The van der Waals surface area contributed by atoms with Crippen LogP contribution in [0, 0.1) is 6.92 Å². The van der Waals surface area contributed by atoms with Crippen LogP contribution in [0.1, 0.15) is 22.6 Å². The van der Waals surface area contributed by atoms with Gasteiger partial charge >= 0.3 is 12.1 Å². The topological polar surface area (TPSA) is 75.8 Å². The van der Waals surface area contributed by atoms with Crippen LogP contribution in [0.15, 0.2) is 52.9 Å². The molecule has 6 nitrogen and oxygen atoms in total. The maximum absolute atomic E-state index is 12.8. The van der Waals surface area contributed by atoms with Crippen molar-refractivity contribution in [2.24, 2.45) is 0 Å². The largest absolute Gasteiger partial charge is 0.493 e. The van der Waals surface area contributed by atoms with Gasteiger partial charge in [-0.3, -0.25) is 9.69 Å². The summed E-state index contributed by atoms with van der Waals surface area (Å²) < 4.78 is 49.8. The van der Waals surface area contributed by atoms with Crippen molar-refractivity contribution in [3.05, 3.63) is 71.1 Å². The number of oxazole rings is 1. The van der Waals surface area contributed by atoms with Gasteiger partial charge in [-0.05, 0) is 48.9 Å². The molecule has 0 aliphatic carbocycles. The zero-order valence-electron chi connectivity index (χ0n) is 19.0. The summed E-state index contributed by atoms with van der Waals surface area (Å²) in [6.45, 7) is 3.42. The van der Waals surface area contributed by atoms with Crippen molar-refractivity contribution in [2.75, 3.05) is 24.7 Å². The van der Waals surface area contributed by atoms with E-state index in [1.54, 1.807) is 18.7 Å². The fourth-order valence-corrected chi connectivity index (χ4v) is 4.94. The molecule has 1 aliphatic rings. The van der Waals surface area contributed by atoms with Gasteiger partial charge in [-0.1, -0.05) is 12.1 Å². The average molecular weight is 507 g/mol. The number of alkyl halides is 3. The number of halogens is 3. The minimum atomic E-state index is -4.39. The number of carboxylic acid groups (broad SMARTS) is 1. The lowest BCUT2D eigenvalue weighted by Gasteiger charge is -2.32. The van der Waals surface area contributed by atoms with E-state index in [2.05, 4.69) is 4.98 Å². The van der Waals surface area contributed by atoms with Crippen LogP contribution in [-0.4, -0.2) is 51.7 Å². The summed E-state index contributed by atoms with van der Waals surface area (Å²) >= 11 is 1.66. The van der Waals surface area contributed by atoms with Crippen LogP contribution in [0.25, 0.3) is 11.5 Å². The van der Waals surface area contributed by atoms with Gasteiger partial charge in [0.05, 0.1) is 17.9 Å². The Bertz CT molecular complexity index is 1150. The molecule has 35 heavy (non-hydrogen) atoms. The molecule has 3 aromatic rings. The molecule has 1 atom stereocenters. The lowest BCUT2D eigenvalue weighted by Crippen LogP contribution is -2.46. The van der Waals surface area contributed by atoms with Gasteiger partial charge in [0, 0.05) is 36.6 Å². The number of aryl methyl sites for hydroxylation is 1. The normalized spacial score (nSPS) is 16.9. The quantitative estimate of drug-likeness (QED) is 0.445. The SMILES string of the molecule is Cc1oc(-c2ccc(C(F)(F)F)cc2)nc1CCOc1ccc(CN2CCSCC2C(=O)O)cc1. The average Bonchev–Trinajstić information content (AvgIpc) is 3.20. The number of hydrogen-bond donors (Lipinski definition) is 1. The Hall–Kier alpha value is -2.98. The molecule has 1 fully saturated rings. The summed E-state index contributed by atoms with van der Waals surface area (Å²) in [6, 6.07) is 11.8.